The third kappa shape index (κ3) is 4.44. The maximum Gasteiger partial charge on any atom is 0.00629 e. The van der Waals surface area contributed by atoms with E-state index >= 15 is 0 Å². The molecule has 0 bridgehead atoms. The monoisotopic (exact) mass is 285 g/mol. The highest BCUT2D eigenvalue weighted by Crippen LogP contribution is 2.46. The van der Waals surface area contributed by atoms with E-state index in [1.165, 1.54) is 23.5 Å². The molecule has 0 amide bonds. The summed E-state index contributed by atoms with van der Waals surface area (Å²) in [6.45, 7) is 6.83. The van der Waals surface area contributed by atoms with Crippen molar-refractivity contribution in [1.29, 1.82) is 0 Å². The quantitative estimate of drug-likeness (QED) is 0.638. The van der Waals surface area contributed by atoms with Gasteiger partial charge in [-0.15, -0.1) is 0 Å². The summed E-state index contributed by atoms with van der Waals surface area (Å²) in [6.07, 6.45) is 2.37. The summed E-state index contributed by atoms with van der Waals surface area (Å²) in [5.41, 5.74) is 2.92. The van der Waals surface area contributed by atoms with Gasteiger partial charge in [0.2, 0.25) is 0 Å². The molecule has 2 aromatic carbocycles. The maximum atomic E-state index is 2.63. The van der Waals surface area contributed by atoms with Gasteiger partial charge in [-0.2, -0.15) is 0 Å². The average Bonchev–Trinajstić information content (AvgIpc) is 2.50. The van der Waals surface area contributed by atoms with Crippen molar-refractivity contribution in [2.24, 2.45) is 0 Å². The van der Waals surface area contributed by atoms with Crippen LogP contribution in [0.3, 0.4) is 0 Å². The highest BCUT2D eigenvalue weighted by atomic mass is 31.1. The number of hydrogen-bond acceptors (Lipinski definition) is 1. The molecule has 0 aliphatic carbocycles. The molecule has 0 unspecified atom stereocenters. The second kappa shape index (κ2) is 8.19. The molecular weight excluding hydrogens is 261 g/mol. The second-order valence-electron chi connectivity index (χ2n) is 4.93. The first-order valence-corrected chi connectivity index (χ1v) is 9.07. The molecule has 106 valence electrons. The van der Waals surface area contributed by atoms with Crippen molar-refractivity contribution in [2.75, 3.05) is 13.1 Å². The largest absolute Gasteiger partial charge is 0.282 e. The van der Waals surface area contributed by atoms with Crippen LogP contribution in [0.1, 0.15) is 25.0 Å². The summed E-state index contributed by atoms with van der Waals surface area (Å²) >= 11 is 0. The zero-order chi connectivity index (χ0) is 14.2. The molecule has 0 spiro atoms. The Morgan fingerprint density at radius 1 is 0.700 bits per heavy atom. The number of nitrogens with zero attached hydrogens (tertiary/aromatic N) is 1. The first-order chi connectivity index (χ1) is 9.83. The minimum atomic E-state index is -0.144. The van der Waals surface area contributed by atoms with E-state index in [1.807, 2.05) is 0 Å². The zero-order valence-corrected chi connectivity index (χ0v) is 13.4. The Bertz CT molecular complexity index is 438. The van der Waals surface area contributed by atoms with Crippen molar-refractivity contribution >= 4 is 8.07 Å². The molecule has 1 nitrogen and oxygen atoms in total. The van der Waals surface area contributed by atoms with Crippen molar-refractivity contribution in [3.63, 3.8) is 0 Å². The zero-order valence-electron chi connectivity index (χ0n) is 12.5. The van der Waals surface area contributed by atoms with Gasteiger partial charge in [-0.1, -0.05) is 74.5 Å². The molecule has 0 aliphatic heterocycles. The lowest BCUT2D eigenvalue weighted by Crippen LogP contribution is -2.18. The first kappa shape index (κ1) is 15.2. The van der Waals surface area contributed by atoms with Crippen molar-refractivity contribution in [2.45, 2.75) is 26.2 Å². The van der Waals surface area contributed by atoms with E-state index in [1.54, 1.807) is 0 Å². The van der Waals surface area contributed by atoms with E-state index in [-0.39, 0.29) is 8.07 Å². The molecule has 0 atom stereocenters. The highest BCUT2D eigenvalue weighted by molar-refractivity contribution is 7.53. The smallest absolute Gasteiger partial charge is 0.00629 e. The molecule has 0 aliphatic rings. The van der Waals surface area contributed by atoms with Crippen LogP contribution in [0.5, 0.6) is 0 Å². The molecule has 0 aromatic heterocycles. The average molecular weight is 285 g/mol. The van der Waals surface area contributed by atoms with Crippen LogP contribution >= 0.6 is 8.07 Å². The summed E-state index contributed by atoms with van der Waals surface area (Å²) < 4.78 is 2.63. The van der Waals surface area contributed by atoms with Gasteiger partial charge in [-0.25, -0.2) is 0 Å². The van der Waals surface area contributed by atoms with Gasteiger partial charge >= 0.3 is 0 Å². The molecule has 20 heavy (non-hydrogen) atoms. The first-order valence-electron chi connectivity index (χ1n) is 7.41. The van der Waals surface area contributed by atoms with Crippen LogP contribution in [-0.2, 0) is 12.3 Å². The van der Waals surface area contributed by atoms with E-state index in [0.717, 1.165) is 13.1 Å². The van der Waals surface area contributed by atoms with Crippen LogP contribution in [0.2, 0.25) is 0 Å². The van der Waals surface area contributed by atoms with Crippen LogP contribution in [-0.4, -0.2) is 17.8 Å². The molecule has 2 aromatic rings. The Kier molecular flexibility index (Phi) is 6.24. The number of rotatable bonds is 7. The van der Waals surface area contributed by atoms with Crippen LogP contribution in [0.25, 0.3) is 0 Å². The molecule has 0 fully saturated rings. The highest BCUT2D eigenvalue weighted by Gasteiger charge is 2.16. The maximum absolute atomic E-state index is 2.63. The minimum Gasteiger partial charge on any atom is -0.282 e. The van der Waals surface area contributed by atoms with Gasteiger partial charge in [0.15, 0.2) is 0 Å². The Labute approximate surface area is 124 Å². The van der Waals surface area contributed by atoms with Crippen molar-refractivity contribution in [1.82, 2.24) is 4.67 Å². The SMILES string of the molecule is CCN(CC)P(Cc1ccccc1)Cc1ccccc1. The Morgan fingerprint density at radius 2 is 1.10 bits per heavy atom. The topological polar surface area (TPSA) is 3.24 Å². The number of hydrogen-bond donors (Lipinski definition) is 0. The van der Waals surface area contributed by atoms with E-state index in [2.05, 4.69) is 79.2 Å². The van der Waals surface area contributed by atoms with E-state index < -0.39 is 0 Å². The van der Waals surface area contributed by atoms with Gasteiger partial charge in [0.05, 0.1) is 0 Å². The lowest BCUT2D eigenvalue weighted by molar-refractivity contribution is 0.503. The number of benzene rings is 2. The van der Waals surface area contributed by atoms with Gasteiger partial charge in [0.1, 0.15) is 0 Å². The summed E-state index contributed by atoms with van der Waals surface area (Å²) in [6, 6.07) is 21.8. The third-order valence-electron chi connectivity index (χ3n) is 3.55. The standard InChI is InChI=1S/C18H24NP/c1-3-19(4-2)20(15-17-11-7-5-8-12-17)16-18-13-9-6-10-14-18/h5-14H,3-4,15-16H2,1-2H3. The molecular formula is C18H24NP. The Hall–Kier alpha value is -1.17. The van der Waals surface area contributed by atoms with Gasteiger partial charge in [0.25, 0.3) is 0 Å². The fourth-order valence-corrected chi connectivity index (χ4v) is 5.04. The second-order valence-corrected chi connectivity index (χ2v) is 7.14. The third-order valence-corrected chi connectivity index (χ3v) is 6.37. The van der Waals surface area contributed by atoms with Crippen LogP contribution in [0, 0.1) is 0 Å². The lowest BCUT2D eigenvalue weighted by Gasteiger charge is -2.30. The molecule has 0 saturated carbocycles. The normalized spacial score (nSPS) is 11.2. The molecule has 2 rings (SSSR count). The molecule has 0 radical (unpaired) electrons. The molecule has 0 heterocycles. The summed E-state index contributed by atoms with van der Waals surface area (Å²) in [7, 11) is -0.144. The van der Waals surface area contributed by atoms with Crippen LogP contribution in [0.15, 0.2) is 60.7 Å². The fraction of sp³-hybridized carbons (Fsp3) is 0.333. The molecule has 0 N–H and O–H groups in total. The van der Waals surface area contributed by atoms with Crippen LogP contribution in [0.4, 0.5) is 0 Å². The predicted octanol–water partition coefficient (Wildman–Crippen LogP) is 5.13. The van der Waals surface area contributed by atoms with Gasteiger partial charge < -0.3 is 0 Å². The summed E-state index contributed by atoms with van der Waals surface area (Å²) in [5, 5.41) is 0. The van der Waals surface area contributed by atoms with Crippen molar-refractivity contribution in [3.05, 3.63) is 71.8 Å². The van der Waals surface area contributed by atoms with E-state index in [0.29, 0.717) is 0 Å². The van der Waals surface area contributed by atoms with Gasteiger partial charge in [-0.3, -0.25) is 4.67 Å². The molecule has 2 heteroatoms. The van der Waals surface area contributed by atoms with Crippen molar-refractivity contribution in [3.8, 4) is 0 Å². The van der Waals surface area contributed by atoms with Crippen LogP contribution < -0.4 is 0 Å². The summed E-state index contributed by atoms with van der Waals surface area (Å²) in [5.74, 6) is 0. The van der Waals surface area contributed by atoms with Gasteiger partial charge in [0, 0.05) is 12.3 Å². The lowest BCUT2D eigenvalue weighted by atomic mass is 10.2. The van der Waals surface area contributed by atoms with E-state index in [9.17, 15) is 0 Å². The van der Waals surface area contributed by atoms with Crippen molar-refractivity contribution < 1.29 is 0 Å². The molecule has 0 saturated heterocycles. The predicted molar refractivity (Wildman–Crippen MR) is 90.1 cm³/mol. The minimum absolute atomic E-state index is 0.144. The Balaban J connectivity index is 2.12. The fourth-order valence-electron chi connectivity index (χ4n) is 2.47. The van der Waals surface area contributed by atoms with E-state index in [4.69, 9.17) is 0 Å². The Morgan fingerprint density at radius 3 is 1.45 bits per heavy atom. The van der Waals surface area contributed by atoms with Gasteiger partial charge in [-0.05, 0) is 32.3 Å². The summed E-state index contributed by atoms with van der Waals surface area (Å²) in [4.78, 5) is 0.